The Morgan fingerprint density at radius 3 is 1.85 bits per heavy atom. The van der Waals surface area contributed by atoms with E-state index in [9.17, 15) is 26.3 Å². The van der Waals surface area contributed by atoms with Crippen LogP contribution in [0.2, 0.25) is 0 Å². The highest BCUT2D eigenvalue weighted by molar-refractivity contribution is 5.33. The third-order valence-electron chi connectivity index (χ3n) is 2.37. The molecule has 0 aliphatic carbocycles. The van der Waals surface area contributed by atoms with Gasteiger partial charge in [-0.3, -0.25) is 0 Å². The van der Waals surface area contributed by atoms with Crippen LogP contribution in [0.1, 0.15) is 23.6 Å². The lowest BCUT2D eigenvalue weighted by Crippen LogP contribution is -2.16. The number of nitrogens with one attached hydrogen (secondary N) is 1. The third kappa shape index (κ3) is 4.78. The molecule has 0 unspecified atom stereocenters. The molecule has 0 radical (unpaired) electrons. The van der Waals surface area contributed by atoms with Crippen LogP contribution in [-0.4, -0.2) is 6.54 Å². The zero-order valence-electron chi connectivity index (χ0n) is 10.4. The Bertz CT molecular complexity index is 486. The van der Waals surface area contributed by atoms with Gasteiger partial charge in [-0.25, -0.2) is 0 Å². The highest BCUT2D eigenvalue weighted by Crippen LogP contribution is 2.36. The first kappa shape index (κ1) is 16.4. The lowest BCUT2D eigenvalue weighted by Gasteiger charge is -2.14. The quantitative estimate of drug-likeness (QED) is 0.507. The van der Waals surface area contributed by atoms with Gasteiger partial charge >= 0.3 is 12.4 Å². The van der Waals surface area contributed by atoms with Crippen LogP contribution < -0.4 is 5.32 Å². The molecule has 0 bridgehead atoms. The highest BCUT2D eigenvalue weighted by atomic mass is 19.4. The van der Waals surface area contributed by atoms with Gasteiger partial charge in [0.1, 0.15) is 0 Å². The SMILES string of the molecule is CC#CCNCc1cc(C(F)(F)F)cc(C(F)(F)F)c1. The van der Waals surface area contributed by atoms with E-state index in [1.165, 1.54) is 0 Å². The molecule has 20 heavy (non-hydrogen) atoms. The molecule has 1 N–H and O–H groups in total. The predicted octanol–water partition coefficient (Wildman–Crippen LogP) is 3.84. The summed E-state index contributed by atoms with van der Waals surface area (Å²) in [4.78, 5) is 0. The summed E-state index contributed by atoms with van der Waals surface area (Å²) in [6.45, 7) is 1.64. The molecule has 0 fully saturated rings. The minimum Gasteiger partial charge on any atom is -0.302 e. The van der Waals surface area contributed by atoms with Crippen LogP contribution in [0.5, 0.6) is 0 Å². The van der Waals surface area contributed by atoms with Gasteiger partial charge in [0.05, 0.1) is 17.7 Å². The molecule has 0 saturated carbocycles. The van der Waals surface area contributed by atoms with Crippen LogP contribution in [-0.2, 0) is 18.9 Å². The van der Waals surface area contributed by atoms with Crippen molar-refractivity contribution in [1.29, 1.82) is 0 Å². The van der Waals surface area contributed by atoms with E-state index in [1.807, 2.05) is 0 Å². The molecule has 0 saturated heterocycles. The lowest BCUT2D eigenvalue weighted by atomic mass is 10.0. The molecular weight excluding hydrogens is 284 g/mol. The smallest absolute Gasteiger partial charge is 0.302 e. The fourth-order valence-corrected chi connectivity index (χ4v) is 1.48. The van der Waals surface area contributed by atoms with E-state index in [1.54, 1.807) is 6.92 Å². The van der Waals surface area contributed by atoms with Crippen molar-refractivity contribution in [3.8, 4) is 11.8 Å². The average molecular weight is 295 g/mol. The zero-order valence-corrected chi connectivity index (χ0v) is 10.4. The fraction of sp³-hybridized carbons (Fsp3) is 0.385. The van der Waals surface area contributed by atoms with Crippen molar-refractivity contribution in [1.82, 2.24) is 5.32 Å². The van der Waals surface area contributed by atoms with Crippen molar-refractivity contribution in [2.75, 3.05) is 6.54 Å². The molecule has 0 aromatic heterocycles. The number of alkyl halides is 6. The predicted molar refractivity (Wildman–Crippen MR) is 61.6 cm³/mol. The van der Waals surface area contributed by atoms with E-state index in [-0.39, 0.29) is 24.7 Å². The Hall–Kier alpha value is -1.68. The summed E-state index contributed by atoms with van der Waals surface area (Å²) >= 11 is 0. The Kier molecular flexibility index (Phi) is 5.06. The van der Waals surface area contributed by atoms with E-state index in [0.717, 1.165) is 0 Å². The first-order chi connectivity index (χ1) is 9.14. The van der Waals surface area contributed by atoms with Crippen LogP contribution in [0.15, 0.2) is 18.2 Å². The lowest BCUT2D eigenvalue weighted by molar-refractivity contribution is -0.143. The van der Waals surface area contributed by atoms with Crippen molar-refractivity contribution in [2.24, 2.45) is 0 Å². The van der Waals surface area contributed by atoms with Crippen LogP contribution in [0.3, 0.4) is 0 Å². The van der Waals surface area contributed by atoms with E-state index in [2.05, 4.69) is 17.2 Å². The molecule has 7 heteroatoms. The van der Waals surface area contributed by atoms with Crippen LogP contribution in [0.4, 0.5) is 26.3 Å². The molecule has 0 atom stereocenters. The summed E-state index contributed by atoms with van der Waals surface area (Å²) in [6, 6.07) is 1.50. The van der Waals surface area contributed by atoms with Crippen molar-refractivity contribution in [3.63, 3.8) is 0 Å². The summed E-state index contributed by atoms with van der Waals surface area (Å²) in [5.41, 5.74) is -2.72. The summed E-state index contributed by atoms with van der Waals surface area (Å²) in [7, 11) is 0. The highest BCUT2D eigenvalue weighted by Gasteiger charge is 2.36. The number of hydrogen-bond acceptors (Lipinski definition) is 1. The van der Waals surface area contributed by atoms with Gasteiger partial charge < -0.3 is 5.32 Å². The number of hydrogen-bond donors (Lipinski definition) is 1. The summed E-state index contributed by atoms with van der Waals surface area (Å²) in [5.74, 6) is 5.16. The second-order valence-electron chi connectivity index (χ2n) is 3.94. The van der Waals surface area contributed by atoms with Gasteiger partial charge in [-0.2, -0.15) is 26.3 Å². The van der Waals surface area contributed by atoms with E-state index >= 15 is 0 Å². The van der Waals surface area contributed by atoms with Crippen molar-refractivity contribution in [3.05, 3.63) is 34.9 Å². The maximum absolute atomic E-state index is 12.6. The molecular formula is C13H11F6N. The summed E-state index contributed by atoms with van der Waals surface area (Å²) in [6.07, 6.45) is -9.64. The summed E-state index contributed by atoms with van der Waals surface area (Å²) in [5, 5.41) is 2.65. The summed E-state index contributed by atoms with van der Waals surface area (Å²) < 4.78 is 75.4. The molecule has 0 amide bonds. The molecule has 1 aromatic carbocycles. The minimum absolute atomic E-state index is 0.0925. The number of rotatable bonds is 3. The molecule has 1 nitrogen and oxygen atoms in total. The van der Waals surface area contributed by atoms with Crippen LogP contribution in [0.25, 0.3) is 0 Å². The Morgan fingerprint density at radius 1 is 0.950 bits per heavy atom. The topological polar surface area (TPSA) is 12.0 Å². The van der Waals surface area contributed by atoms with E-state index < -0.39 is 23.5 Å². The second kappa shape index (κ2) is 6.18. The normalized spacial score (nSPS) is 11.9. The van der Waals surface area contributed by atoms with Gasteiger partial charge in [-0.15, -0.1) is 5.92 Å². The first-order valence-electron chi connectivity index (χ1n) is 5.53. The fourth-order valence-electron chi connectivity index (χ4n) is 1.48. The van der Waals surface area contributed by atoms with Crippen LogP contribution >= 0.6 is 0 Å². The second-order valence-corrected chi connectivity index (χ2v) is 3.94. The monoisotopic (exact) mass is 295 g/mol. The minimum atomic E-state index is -4.82. The zero-order chi connectivity index (χ0) is 15.4. The molecule has 0 heterocycles. The van der Waals surface area contributed by atoms with Gasteiger partial charge in [0, 0.05) is 6.54 Å². The average Bonchev–Trinajstić information content (AvgIpc) is 2.32. The van der Waals surface area contributed by atoms with Crippen LogP contribution in [0, 0.1) is 11.8 Å². The van der Waals surface area contributed by atoms with E-state index in [4.69, 9.17) is 0 Å². The first-order valence-corrected chi connectivity index (χ1v) is 5.53. The Labute approximate surface area is 112 Å². The van der Waals surface area contributed by atoms with E-state index in [0.29, 0.717) is 12.1 Å². The maximum atomic E-state index is 12.6. The maximum Gasteiger partial charge on any atom is 0.416 e. The third-order valence-corrected chi connectivity index (χ3v) is 2.37. The standard InChI is InChI=1S/C13H11F6N/c1-2-3-4-20-8-9-5-10(12(14,15)16)7-11(6-9)13(17,18)19/h5-7,20H,4,8H2,1H3. The van der Waals surface area contributed by atoms with Gasteiger partial charge in [0.25, 0.3) is 0 Å². The molecule has 1 rings (SSSR count). The van der Waals surface area contributed by atoms with Gasteiger partial charge in [-0.05, 0) is 30.7 Å². The van der Waals surface area contributed by atoms with Crippen molar-refractivity contribution < 1.29 is 26.3 Å². The largest absolute Gasteiger partial charge is 0.416 e. The van der Waals surface area contributed by atoms with Gasteiger partial charge in [0.2, 0.25) is 0 Å². The molecule has 0 aliphatic rings. The van der Waals surface area contributed by atoms with Gasteiger partial charge in [-0.1, -0.05) is 5.92 Å². The Balaban J connectivity index is 3.06. The molecule has 0 aliphatic heterocycles. The molecule has 1 aromatic rings. The van der Waals surface area contributed by atoms with Gasteiger partial charge in [0.15, 0.2) is 0 Å². The van der Waals surface area contributed by atoms with Crippen molar-refractivity contribution >= 4 is 0 Å². The number of benzene rings is 1. The molecule has 0 spiro atoms. The molecule has 110 valence electrons. The Morgan fingerprint density at radius 2 is 1.45 bits per heavy atom. The van der Waals surface area contributed by atoms with Crippen molar-refractivity contribution in [2.45, 2.75) is 25.8 Å². The number of halogens is 6.